The molecule has 1 aliphatic rings. The van der Waals surface area contributed by atoms with Gasteiger partial charge in [-0.2, -0.15) is 5.10 Å². The molecule has 0 saturated carbocycles. The fourth-order valence-electron chi connectivity index (χ4n) is 4.14. The van der Waals surface area contributed by atoms with Crippen LogP contribution in [0.25, 0.3) is 27.5 Å². The van der Waals surface area contributed by atoms with Crippen LogP contribution in [0.4, 0.5) is 18.9 Å². The Bertz CT molecular complexity index is 1930. The van der Waals surface area contributed by atoms with Gasteiger partial charge in [0, 0.05) is 24.4 Å². The van der Waals surface area contributed by atoms with E-state index in [0.29, 0.717) is 38.3 Å². The van der Waals surface area contributed by atoms with Crippen LogP contribution in [0.3, 0.4) is 0 Å². The van der Waals surface area contributed by atoms with E-state index >= 15 is 4.39 Å². The summed E-state index contributed by atoms with van der Waals surface area (Å²) in [6.45, 7) is 7.13. The van der Waals surface area contributed by atoms with E-state index in [9.17, 15) is 17.2 Å². The molecule has 0 radical (unpaired) electrons. The third-order valence-corrected chi connectivity index (χ3v) is 8.78. The number of anilines is 1. The summed E-state index contributed by atoms with van der Waals surface area (Å²) in [7, 11) is -3.23. The normalized spacial score (nSPS) is 14.5. The summed E-state index contributed by atoms with van der Waals surface area (Å²) in [6, 6.07) is 9.44. The molecule has 2 aromatic carbocycles. The van der Waals surface area contributed by atoms with Gasteiger partial charge in [-0.25, -0.2) is 26.6 Å². The lowest BCUT2D eigenvalue weighted by molar-refractivity contribution is 0.516. The second-order valence-electron chi connectivity index (χ2n) is 9.21. The van der Waals surface area contributed by atoms with Crippen LogP contribution in [0, 0.1) is 31.3 Å². The highest BCUT2D eigenvalue weighted by Crippen LogP contribution is 2.41. The summed E-state index contributed by atoms with van der Waals surface area (Å²) in [4.78, 5) is 8.16. The van der Waals surface area contributed by atoms with Gasteiger partial charge in [0.15, 0.2) is 10.7 Å². The zero-order valence-electron chi connectivity index (χ0n) is 22.5. The maximum atomic E-state index is 16.1. The van der Waals surface area contributed by atoms with Crippen LogP contribution in [0.1, 0.15) is 16.1 Å². The van der Waals surface area contributed by atoms with E-state index in [2.05, 4.69) is 32.1 Å². The second kappa shape index (κ2) is 11.3. The lowest BCUT2D eigenvalue weighted by Gasteiger charge is -2.13. The first-order chi connectivity index (χ1) is 20.0. The molecule has 1 aliphatic heterocycles. The Morgan fingerprint density at radius 2 is 1.81 bits per heavy atom. The SMILES string of the molecule is C=C1C=C(c2sc(-c3ccc(C)nn3)nc2-c2cccc(NS(=O)(=O)c3c(F)ccc(C)c3F)c2F)C=CNC1=NC. The molecule has 0 unspecified atom stereocenters. The summed E-state index contributed by atoms with van der Waals surface area (Å²) in [5.74, 6) is -3.02. The average Bonchev–Trinajstić information content (AvgIpc) is 3.29. The van der Waals surface area contributed by atoms with Crippen molar-refractivity contribution in [2.45, 2.75) is 18.7 Å². The number of nitrogens with zero attached hydrogens (tertiary/aromatic N) is 4. The molecule has 13 heteroatoms. The molecule has 0 bridgehead atoms. The number of thiazole rings is 1. The van der Waals surface area contributed by atoms with Crippen LogP contribution in [-0.4, -0.2) is 36.5 Å². The minimum absolute atomic E-state index is 0.0561. The Morgan fingerprint density at radius 1 is 1.02 bits per heavy atom. The number of nitrogens with one attached hydrogen (secondary N) is 2. The summed E-state index contributed by atoms with van der Waals surface area (Å²) in [5, 5.41) is 11.7. The highest BCUT2D eigenvalue weighted by atomic mass is 32.2. The van der Waals surface area contributed by atoms with Gasteiger partial charge in [0.05, 0.1) is 22.0 Å². The zero-order chi connectivity index (χ0) is 30.2. The van der Waals surface area contributed by atoms with E-state index in [-0.39, 0.29) is 16.8 Å². The molecule has 5 rings (SSSR count). The summed E-state index contributed by atoms with van der Waals surface area (Å²) in [6.07, 6.45) is 5.17. The van der Waals surface area contributed by atoms with Gasteiger partial charge in [-0.05, 0) is 67.5 Å². The molecule has 214 valence electrons. The minimum Gasteiger partial charge on any atom is -0.346 e. The van der Waals surface area contributed by atoms with Crippen molar-refractivity contribution in [3.05, 3.63) is 107 Å². The molecule has 4 aromatic rings. The van der Waals surface area contributed by atoms with Gasteiger partial charge in [0.2, 0.25) is 0 Å². The Kier molecular flexibility index (Phi) is 7.80. The van der Waals surface area contributed by atoms with Crippen molar-refractivity contribution in [1.82, 2.24) is 20.5 Å². The van der Waals surface area contributed by atoms with Crippen molar-refractivity contribution in [3.63, 3.8) is 0 Å². The van der Waals surface area contributed by atoms with Crippen molar-refractivity contribution in [1.29, 1.82) is 0 Å². The van der Waals surface area contributed by atoms with Crippen LogP contribution in [0.2, 0.25) is 0 Å². The summed E-state index contributed by atoms with van der Waals surface area (Å²) < 4.78 is 73.3. The molecule has 0 amide bonds. The second-order valence-corrected chi connectivity index (χ2v) is 11.8. The lowest BCUT2D eigenvalue weighted by atomic mass is 10.0. The Balaban J connectivity index is 1.66. The highest BCUT2D eigenvalue weighted by Gasteiger charge is 2.28. The van der Waals surface area contributed by atoms with Crippen LogP contribution in [0.15, 0.2) is 82.9 Å². The Morgan fingerprint density at radius 3 is 2.52 bits per heavy atom. The molecule has 0 fully saturated rings. The molecule has 0 aliphatic carbocycles. The van der Waals surface area contributed by atoms with Gasteiger partial charge in [-0.15, -0.1) is 16.4 Å². The Labute approximate surface area is 244 Å². The summed E-state index contributed by atoms with van der Waals surface area (Å²) in [5.41, 5.74) is 1.88. The molecule has 0 spiro atoms. The van der Waals surface area contributed by atoms with Crippen molar-refractivity contribution >= 4 is 38.5 Å². The highest BCUT2D eigenvalue weighted by molar-refractivity contribution is 7.92. The van der Waals surface area contributed by atoms with Gasteiger partial charge < -0.3 is 5.32 Å². The number of aryl methyl sites for hydroxylation is 2. The number of aromatic nitrogens is 3. The topological polar surface area (TPSA) is 109 Å². The third kappa shape index (κ3) is 5.48. The van der Waals surface area contributed by atoms with E-state index in [1.807, 2.05) is 4.72 Å². The smallest absolute Gasteiger partial charge is 0.267 e. The molecular weight excluding hydrogens is 585 g/mol. The first-order valence-electron chi connectivity index (χ1n) is 12.4. The number of benzene rings is 2. The van der Waals surface area contributed by atoms with E-state index in [0.717, 1.165) is 18.2 Å². The average molecular weight is 609 g/mol. The molecule has 8 nitrogen and oxygen atoms in total. The predicted octanol–water partition coefficient (Wildman–Crippen LogP) is 6.19. The number of aliphatic imine (C=N–C) groups is 1. The lowest BCUT2D eigenvalue weighted by Crippen LogP contribution is -2.18. The van der Waals surface area contributed by atoms with E-state index in [1.54, 1.807) is 44.5 Å². The van der Waals surface area contributed by atoms with Gasteiger partial charge in [0.1, 0.15) is 28.2 Å². The van der Waals surface area contributed by atoms with Crippen LogP contribution >= 0.6 is 11.3 Å². The first-order valence-corrected chi connectivity index (χ1v) is 14.7. The molecule has 2 N–H and O–H groups in total. The van der Waals surface area contributed by atoms with Crippen molar-refractivity contribution < 1.29 is 21.6 Å². The predicted molar refractivity (Wildman–Crippen MR) is 158 cm³/mol. The van der Waals surface area contributed by atoms with Gasteiger partial charge >= 0.3 is 0 Å². The fourth-order valence-corrected chi connectivity index (χ4v) is 6.46. The number of allylic oxidation sites excluding steroid dienone is 2. The number of hydrogen-bond acceptors (Lipinski definition) is 7. The van der Waals surface area contributed by atoms with Crippen molar-refractivity contribution in [2.75, 3.05) is 11.8 Å². The van der Waals surface area contributed by atoms with Crippen LogP contribution < -0.4 is 10.0 Å². The van der Waals surface area contributed by atoms with E-state index in [1.165, 1.54) is 30.4 Å². The molecule has 0 atom stereocenters. The number of hydrogen-bond donors (Lipinski definition) is 2. The third-order valence-electron chi connectivity index (χ3n) is 6.26. The van der Waals surface area contributed by atoms with Gasteiger partial charge in [-0.1, -0.05) is 18.7 Å². The van der Waals surface area contributed by atoms with Gasteiger partial charge in [0.25, 0.3) is 10.0 Å². The number of sulfonamides is 1. The van der Waals surface area contributed by atoms with Crippen LogP contribution in [0.5, 0.6) is 0 Å². The molecular formula is C29H23F3N6O2S2. The maximum Gasteiger partial charge on any atom is 0.267 e. The number of rotatable bonds is 6. The van der Waals surface area contributed by atoms with Crippen LogP contribution in [-0.2, 0) is 10.0 Å². The number of amidine groups is 1. The summed E-state index contributed by atoms with van der Waals surface area (Å²) >= 11 is 1.22. The minimum atomic E-state index is -4.84. The molecule has 2 aromatic heterocycles. The largest absolute Gasteiger partial charge is 0.346 e. The zero-order valence-corrected chi connectivity index (χ0v) is 24.2. The quantitative estimate of drug-likeness (QED) is 0.270. The van der Waals surface area contributed by atoms with Crippen molar-refractivity contribution in [2.24, 2.45) is 4.99 Å². The molecule has 42 heavy (non-hydrogen) atoms. The van der Waals surface area contributed by atoms with Gasteiger partial charge in [-0.3, -0.25) is 9.71 Å². The fraction of sp³-hybridized carbons (Fsp3) is 0.103. The monoisotopic (exact) mass is 608 g/mol. The first kappa shape index (κ1) is 28.9. The Hall–Kier alpha value is -4.62. The molecule has 0 saturated heterocycles. The van der Waals surface area contributed by atoms with E-state index in [4.69, 9.17) is 0 Å². The van der Waals surface area contributed by atoms with Crippen molar-refractivity contribution in [3.8, 4) is 22.0 Å². The maximum absolute atomic E-state index is 16.1. The number of halogens is 3. The molecule has 3 heterocycles. The van der Waals surface area contributed by atoms with E-state index < -0.39 is 38.1 Å². The standard InChI is InChI=1S/C29H23F3N6O2S2/c1-15-8-10-20(30)27(23(15)31)42(39,40)38-21-7-5-6-19(24(21)32)25-26(18-12-13-34-28(33-4)16(2)14-18)41-29(35-25)22-11-9-17(3)36-37-22/h5-14,38H,2H2,1,3-4H3,(H,33,34).